The van der Waals surface area contributed by atoms with Crippen molar-refractivity contribution in [3.8, 4) is 0 Å². The standard InChI is InChI=1S/C11H20N4O2/c1-8-9(7-14-15(8)2)6-13-11(16)10(12)4-5-17-3/h7,10H,4-6,12H2,1-3H3,(H,13,16). The highest BCUT2D eigenvalue weighted by atomic mass is 16.5. The van der Waals surface area contributed by atoms with E-state index in [2.05, 4.69) is 10.4 Å². The van der Waals surface area contributed by atoms with E-state index in [1.54, 1.807) is 18.0 Å². The summed E-state index contributed by atoms with van der Waals surface area (Å²) in [5, 5.41) is 6.89. The van der Waals surface area contributed by atoms with Crippen molar-refractivity contribution in [3.05, 3.63) is 17.5 Å². The Bertz CT molecular complexity index is 376. The van der Waals surface area contributed by atoms with Crippen LogP contribution in [0, 0.1) is 6.92 Å². The molecule has 0 aliphatic rings. The summed E-state index contributed by atoms with van der Waals surface area (Å²) in [7, 11) is 3.45. The molecular formula is C11H20N4O2. The van der Waals surface area contributed by atoms with Gasteiger partial charge in [0.1, 0.15) is 0 Å². The molecule has 0 aliphatic heterocycles. The molecule has 1 aromatic heterocycles. The number of nitrogens with one attached hydrogen (secondary N) is 1. The van der Waals surface area contributed by atoms with Gasteiger partial charge in [-0.2, -0.15) is 5.10 Å². The molecule has 6 heteroatoms. The molecule has 1 rings (SSSR count). The highest BCUT2D eigenvalue weighted by Crippen LogP contribution is 2.04. The van der Waals surface area contributed by atoms with E-state index in [-0.39, 0.29) is 5.91 Å². The number of carbonyl (C=O) groups excluding carboxylic acids is 1. The van der Waals surface area contributed by atoms with Crippen LogP contribution in [0.3, 0.4) is 0 Å². The minimum absolute atomic E-state index is 0.162. The third-order valence-electron chi connectivity index (χ3n) is 2.76. The summed E-state index contributed by atoms with van der Waals surface area (Å²) in [4.78, 5) is 11.6. The van der Waals surface area contributed by atoms with E-state index in [9.17, 15) is 4.79 Å². The van der Waals surface area contributed by atoms with Crippen molar-refractivity contribution in [2.24, 2.45) is 12.8 Å². The number of carbonyl (C=O) groups is 1. The maximum absolute atomic E-state index is 11.6. The molecule has 0 aromatic carbocycles. The van der Waals surface area contributed by atoms with Gasteiger partial charge in [0.05, 0.1) is 12.2 Å². The van der Waals surface area contributed by atoms with Gasteiger partial charge in [0, 0.05) is 38.6 Å². The number of rotatable bonds is 6. The summed E-state index contributed by atoms with van der Waals surface area (Å²) in [5.41, 5.74) is 7.74. The predicted molar refractivity (Wildman–Crippen MR) is 64.3 cm³/mol. The minimum atomic E-state index is -0.521. The van der Waals surface area contributed by atoms with Crippen molar-refractivity contribution in [1.29, 1.82) is 0 Å². The highest BCUT2D eigenvalue weighted by Gasteiger charge is 2.13. The number of ether oxygens (including phenoxy) is 1. The number of nitrogens with zero attached hydrogens (tertiary/aromatic N) is 2. The van der Waals surface area contributed by atoms with Gasteiger partial charge in [-0.1, -0.05) is 0 Å². The van der Waals surface area contributed by atoms with Crippen LogP contribution in [0.1, 0.15) is 17.7 Å². The first-order valence-electron chi connectivity index (χ1n) is 5.56. The van der Waals surface area contributed by atoms with E-state index in [1.807, 2.05) is 14.0 Å². The number of hydrogen-bond acceptors (Lipinski definition) is 4. The molecule has 6 nitrogen and oxygen atoms in total. The Morgan fingerprint density at radius 1 is 1.71 bits per heavy atom. The fraction of sp³-hybridized carbons (Fsp3) is 0.636. The molecule has 1 atom stereocenters. The minimum Gasteiger partial charge on any atom is -0.385 e. The second-order valence-electron chi connectivity index (χ2n) is 3.98. The Morgan fingerprint density at radius 2 is 2.41 bits per heavy atom. The Balaban J connectivity index is 2.40. The zero-order valence-corrected chi connectivity index (χ0v) is 10.6. The van der Waals surface area contributed by atoms with E-state index < -0.39 is 6.04 Å². The molecule has 1 heterocycles. The van der Waals surface area contributed by atoms with E-state index in [0.717, 1.165) is 11.3 Å². The van der Waals surface area contributed by atoms with Crippen molar-refractivity contribution in [2.45, 2.75) is 25.9 Å². The average Bonchev–Trinajstić information content (AvgIpc) is 2.64. The van der Waals surface area contributed by atoms with Gasteiger partial charge in [-0.25, -0.2) is 0 Å². The zero-order valence-electron chi connectivity index (χ0n) is 10.6. The normalized spacial score (nSPS) is 12.5. The van der Waals surface area contributed by atoms with E-state index in [4.69, 9.17) is 10.5 Å². The molecule has 0 saturated carbocycles. The first-order valence-corrected chi connectivity index (χ1v) is 5.56. The summed E-state index contributed by atoms with van der Waals surface area (Å²) in [6.45, 7) is 2.90. The van der Waals surface area contributed by atoms with Crippen molar-refractivity contribution in [3.63, 3.8) is 0 Å². The van der Waals surface area contributed by atoms with Crippen LogP contribution in [-0.2, 0) is 23.1 Å². The first-order chi connectivity index (χ1) is 8.06. The van der Waals surface area contributed by atoms with Crippen molar-refractivity contribution in [1.82, 2.24) is 15.1 Å². The number of nitrogens with two attached hydrogens (primary N) is 1. The number of aryl methyl sites for hydroxylation is 1. The number of hydrogen-bond donors (Lipinski definition) is 2. The van der Waals surface area contributed by atoms with Crippen molar-refractivity contribution >= 4 is 5.91 Å². The molecule has 1 aromatic rings. The van der Waals surface area contributed by atoms with Crippen LogP contribution in [-0.4, -0.2) is 35.4 Å². The molecule has 0 saturated heterocycles. The Morgan fingerprint density at radius 3 is 2.94 bits per heavy atom. The van der Waals surface area contributed by atoms with Gasteiger partial charge in [-0.3, -0.25) is 9.48 Å². The van der Waals surface area contributed by atoms with Crippen LogP contribution in [0.25, 0.3) is 0 Å². The van der Waals surface area contributed by atoms with Crippen LogP contribution in [0.4, 0.5) is 0 Å². The number of aromatic nitrogens is 2. The van der Waals surface area contributed by atoms with Crippen LogP contribution < -0.4 is 11.1 Å². The third kappa shape index (κ3) is 3.83. The summed E-state index contributed by atoms with van der Waals surface area (Å²) in [5.74, 6) is -0.162. The lowest BCUT2D eigenvalue weighted by atomic mass is 10.2. The Hall–Kier alpha value is -1.40. The zero-order chi connectivity index (χ0) is 12.8. The van der Waals surface area contributed by atoms with E-state index in [0.29, 0.717) is 19.6 Å². The molecule has 0 spiro atoms. The largest absolute Gasteiger partial charge is 0.385 e. The Labute approximate surface area is 101 Å². The fourth-order valence-electron chi connectivity index (χ4n) is 1.41. The second-order valence-corrected chi connectivity index (χ2v) is 3.98. The summed E-state index contributed by atoms with van der Waals surface area (Å²) >= 11 is 0. The van der Waals surface area contributed by atoms with Crippen LogP contribution in [0.5, 0.6) is 0 Å². The maximum atomic E-state index is 11.6. The molecule has 0 radical (unpaired) electrons. The molecule has 3 N–H and O–H groups in total. The van der Waals surface area contributed by atoms with Gasteiger partial charge < -0.3 is 15.8 Å². The van der Waals surface area contributed by atoms with Crippen LogP contribution in [0.15, 0.2) is 6.20 Å². The smallest absolute Gasteiger partial charge is 0.237 e. The molecular weight excluding hydrogens is 220 g/mol. The van der Waals surface area contributed by atoms with Crippen molar-refractivity contribution < 1.29 is 9.53 Å². The summed E-state index contributed by atoms with van der Waals surface area (Å²) in [6, 6.07) is -0.521. The molecule has 1 unspecified atom stereocenters. The van der Waals surface area contributed by atoms with Gasteiger partial charge in [-0.15, -0.1) is 0 Å². The van der Waals surface area contributed by atoms with Gasteiger partial charge in [0.15, 0.2) is 0 Å². The molecule has 1 amide bonds. The summed E-state index contributed by atoms with van der Waals surface area (Å²) < 4.78 is 6.64. The van der Waals surface area contributed by atoms with Gasteiger partial charge >= 0.3 is 0 Å². The number of amides is 1. The molecule has 17 heavy (non-hydrogen) atoms. The highest BCUT2D eigenvalue weighted by molar-refractivity contribution is 5.81. The Kier molecular flexibility index (Phi) is 5.11. The molecule has 0 bridgehead atoms. The van der Waals surface area contributed by atoms with Crippen molar-refractivity contribution in [2.75, 3.05) is 13.7 Å². The van der Waals surface area contributed by atoms with E-state index in [1.165, 1.54) is 0 Å². The van der Waals surface area contributed by atoms with Gasteiger partial charge in [-0.05, 0) is 13.3 Å². The average molecular weight is 240 g/mol. The van der Waals surface area contributed by atoms with Gasteiger partial charge in [0.2, 0.25) is 5.91 Å². The molecule has 0 aliphatic carbocycles. The third-order valence-corrected chi connectivity index (χ3v) is 2.76. The quantitative estimate of drug-likeness (QED) is 0.715. The van der Waals surface area contributed by atoms with E-state index >= 15 is 0 Å². The lowest BCUT2D eigenvalue weighted by Gasteiger charge is -2.11. The monoisotopic (exact) mass is 240 g/mol. The molecule has 0 fully saturated rings. The molecule has 96 valence electrons. The second kappa shape index (κ2) is 6.36. The summed E-state index contributed by atoms with van der Waals surface area (Å²) in [6.07, 6.45) is 2.27. The lowest BCUT2D eigenvalue weighted by Crippen LogP contribution is -2.40. The fourth-order valence-corrected chi connectivity index (χ4v) is 1.41. The predicted octanol–water partition coefficient (Wildman–Crippen LogP) is -0.291. The number of methoxy groups -OCH3 is 1. The SMILES string of the molecule is COCCC(N)C(=O)NCc1cnn(C)c1C. The maximum Gasteiger partial charge on any atom is 0.237 e. The van der Waals surface area contributed by atoms with Crippen LogP contribution in [0.2, 0.25) is 0 Å². The topological polar surface area (TPSA) is 82.2 Å². The van der Waals surface area contributed by atoms with Crippen LogP contribution >= 0.6 is 0 Å². The lowest BCUT2D eigenvalue weighted by molar-refractivity contribution is -0.122. The van der Waals surface area contributed by atoms with Gasteiger partial charge in [0.25, 0.3) is 0 Å². The first kappa shape index (κ1) is 13.7.